The van der Waals surface area contributed by atoms with E-state index < -0.39 is 6.10 Å². The number of β-amino-alcohol motifs (C(OH)–C–C–N with tert-alkyl or cyclic N) is 1. The lowest BCUT2D eigenvalue weighted by Crippen LogP contribution is -2.50. The van der Waals surface area contributed by atoms with Crippen LogP contribution < -0.4 is 5.32 Å². The fourth-order valence-corrected chi connectivity index (χ4v) is 1.64. The normalized spacial score (nSPS) is 13.9. The number of nitrogens with one attached hydrogen (secondary N) is 1. The molecule has 104 valence electrons. The van der Waals surface area contributed by atoms with E-state index in [0.717, 1.165) is 25.7 Å². The van der Waals surface area contributed by atoms with Crippen molar-refractivity contribution in [2.45, 2.75) is 58.1 Å². The molecule has 0 aromatic carbocycles. The van der Waals surface area contributed by atoms with Gasteiger partial charge in [-0.25, -0.2) is 0 Å². The molecule has 4 heteroatoms. The van der Waals surface area contributed by atoms with E-state index in [-0.39, 0.29) is 12.1 Å². The fraction of sp³-hybridized carbons (Fsp3) is 1.00. The topological polar surface area (TPSA) is 61.7 Å². The Balaban J connectivity index is 3.76. The van der Waals surface area contributed by atoms with E-state index in [1.165, 1.54) is 0 Å². The second-order valence-corrected chi connectivity index (χ2v) is 4.61. The Morgan fingerprint density at radius 2 is 1.88 bits per heavy atom. The minimum atomic E-state index is -0.504. The van der Waals surface area contributed by atoms with Crippen molar-refractivity contribution in [3.05, 3.63) is 0 Å². The van der Waals surface area contributed by atoms with Gasteiger partial charge in [-0.2, -0.15) is 0 Å². The van der Waals surface area contributed by atoms with E-state index in [1.54, 1.807) is 0 Å². The summed E-state index contributed by atoms with van der Waals surface area (Å²) in [5.41, 5.74) is -0.260. The standard InChI is InChI=1S/C13H29NO3/c1-4-7-8-17-10-12(16)9-14-13(5-2,6-3)11-15/h12,14-16H,4-11H2,1-3H3. The molecule has 1 atom stereocenters. The summed E-state index contributed by atoms with van der Waals surface area (Å²) in [6.07, 6.45) is 3.33. The van der Waals surface area contributed by atoms with Crippen molar-refractivity contribution >= 4 is 0 Å². The van der Waals surface area contributed by atoms with Crippen LogP contribution in [0, 0.1) is 0 Å². The molecule has 0 fully saturated rings. The van der Waals surface area contributed by atoms with Crippen LogP contribution in [-0.4, -0.2) is 48.2 Å². The van der Waals surface area contributed by atoms with Crippen molar-refractivity contribution in [3.63, 3.8) is 0 Å². The van der Waals surface area contributed by atoms with Gasteiger partial charge >= 0.3 is 0 Å². The SMILES string of the molecule is CCCCOCC(O)CNC(CC)(CC)CO. The van der Waals surface area contributed by atoms with Gasteiger partial charge in [0.15, 0.2) is 0 Å². The molecule has 0 rings (SSSR count). The highest BCUT2D eigenvalue weighted by Crippen LogP contribution is 2.13. The lowest BCUT2D eigenvalue weighted by molar-refractivity contribution is 0.0273. The minimum absolute atomic E-state index is 0.101. The highest BCUT2D eigenvalue weighted by molar-refractivity contribution is 4.85. The molecule has 0 spiro atoms. The van der Waals surface area contributed by atoms with Crippen molar-refractivity contribution in [2.75, 3.05) is 26.4 Å². The van der Waals surface area contributed by atoms with Crippen LogP contribution >= 0.6 is 0 Å². The van der Waals surface area contributed by atoms with Gasteiger partial charge in [-0.3, -0.25) is 0 Å². The summed E-state index contributed by atoms with van der Waals surface area (Å²) in [7, 11) is 0. The van der Waals surface area contributed by atoms with Gasteiger partial charge in [-0.05, 0) is 19.3 Å². The van der Waals surface area contributed by atoms with Crippen LogP contribution in [0.4, 0.5) is 0 Å². The molecule has 1 unspecified atom stereocenters. The summed E-state index contributed by atoms with van der Waals surface area (Å²) >= 11 is 0. The van der Waals surface area contributed by atoms with Crippen molar-refractivity contribution in [1.29, 1.82) is 0 Å². The van der Waals surface area contributed by atoms with Gasteiger partial charge in [-0.1, -0.05) is 27.2 Å². The van der Waals surface area contributed by atoms with Crippen molar-refractivity contribution < 1.29 is 14.9 Å². The van der Waals surface area contributed by atoms with Crippen LogP contribution in [0.5, 0.6) is 0 Å². The quantitative estimate of drug-likeness (QED) is 0.482. The number of hydrogen-bond donors (Lipinski definition) is 3. The molecular weight excluding hydrogens is 218 g/mol. The fourth-order valence-electron chi connectivity index (χ4n) is 1.64. The molecule has 4 nitrogen and oxygen atoms in total. The maximum absolute atomic E-state index is 9.73. The second-order valence-electron chi connectivity index (χ2n) is 4.61. The third-order valence-electron chi connectivity index (χ3n) is 3.32. The summed E-state index contributed by atoms with van der Waals surface area (Å²) in [6.45, 7) is 7.83. The predicted octanol–water partition coefficient (Wildman–Crippen LogP) is 1.30. The Labute approximate surface area is 105 Å². The lowest BCUT2D eigenvalue weighted by Gasteiger charge is -2.31. The monoisotopic (exact) mass is 247 g/mol. The summed E-state index contributed by atoms with van der Waals surface area (Å²) in [5.74, 6) is 0. The Kier molecular flexibility index (Phi) is 9.74. The Bertz CT molecular complexity index is 164. The zero-order chi connectivity index (χ0) is 13.1. The summed E-state index contributed by atoms with van der Waals surface area (Å²) in [6, 6.07) is 0. The van der Waals surface area contributed by atoms with Crippen molar-refractivity contribution in [1.82, 2.24) is 5.32 Å². The van der Waals surface area contributed by atoms with Crippen LogP contribution in [0.3, 0.4) is 0 Å². The van der Waals surface area contributed by atoms with Crippen LogP contribution in [0.25, 0.3) is 0 Å². The summed E-state index contributed by atoms with van der Waals surface area (Å²) in [5, 5.41) is 22.3. The molecule has 0 aromatic heterocycles. The molecule has 0 bridgehead atoms. The van der Waals surface area contributed by atoms with Gasteiger partial charge in [-0.15, -0.1) is 0 Å². The first-order valence-electron chi connectivity index (χ1n) is 6.75. The first-order valence-corrected chi connectivity index (χ1v) is 6.75. The molecule has 0 aliphatic heterocycles. The molecule has 0 aliphatic rings. The van der Waals surface area contributed by atoms with E-state index in [9.17, 15) is 10.2 Å². The Hall–Kier alpha value is -0.160. The molecule has 0 heterocycles. The lowest BCUT2D eigenvalue weighted by atomic mass is 9.94. The average Bonchev–Trinajstić information content (AvgIpc) is 2.37. The van der Waals surface area contributed by atoms with E-state index in [4.69, 9.17) is 4.74 Å². The molecule has 3 N–H and O–H groups in total. The number of aliphatic hydroxyl groups excluding tert-OH is 2. The zero-order valence-electron chi connectivity index (χ0n) is 11.5. The molecule has 0 aliphatic carbocycles. The number of rotatable bonds is 11. The largest absolute Gasteiger partial charge is 0.394 e. The summed E-state index contributed by atoms with van der Waals surface area (Å²) < 4.78 is 5.35. The zero-order valence-corrected chi connectivity index (χ0v) is 11.5. The predicted molar refractivity (Wildman–Crippen MR) is 70.1 cm³/mol. The Morgan fingerprint density at radius 3 is 2.35 bits per heavy atom. The molecule has 0 aromatic rings. The minimum Gasteiger partial charge on any atom is -0.394 e. The van der Waals surface area contributed by atoms with Crippen LogP contribution in [-0.2, 0) is 4.74 Å². The van der Waals surface area contributed by atoms with E-state index in [2.05, 4.69) is 12.2 Å². The summed E-state index contributed by atoms with van der Waals surface area (Å²) in [4.78, 5) is 0. The first-order chi connectivity index (χ1) is 8.14. The third-order valence-corrected chi connectivity index (χ3v) is 3.32. The van der Waals surface area contributed by atoms with E-state index in [1.807, 2.05) is 13.8 Å². The van der Waals surface area contributed by atoms with E-state index in [0.29, 0.717) is 19.8 Å². The van der Waals surface area contributed by atoms with Gasteiger partial charge in [0.05, 0.1) is 19.3 Å². The number of unbranched alkanes of at least 4 members (excludes halogenated alkanes) is 1. The maximum Gasteiger partial charge on any atom is 0.0897 e. The molecule has 0 amide bonds. The third kappa shape index (κ3) is 6.99. The number of hydrogen-bond acceptors (Lipinski definition) is 4. The molecule has 17 heavy (non-hydrogen) atoms. The molecular formula is C13H29NO3. The van der Waals surface area contributed by atoms with E-state index >= 15 is 0 Å². The van der Waals surface area contributed by atoms with Crippen LogP contribution in [0.2, 0.25) is 0 Å². The van der Waals surface area contributed by atoms with Gasteiger partial charge < -0.3 is 20.3 Å². The van der Waals surface area contributed by atoms with Gasteiger partial charge in [0.2, 0.25) is 0 Å². The Morgan fingerprint density at radius 1 is 1.24 bits per heavy atom. The highest BCUT2D eigenvalue weighted by Gasteiger charge is 2.24. The molecule has 0 radical (unpaired) electrons. The molecule has 0 saturated carbocycles. The number of aliphatic hydroxyl groups is 2. The van der Waals surface area contributed by atoms with Gasteiger partial charge in [0.25, 0.3) is 0 Å². The molecule has 0 saturated heterocycles. The van der Waals surface area contributed by atoms with Crippen LogP contribution in [0.15, 0.2) is 0 Å². The van der Waals surface area contributed by atoms with Gasteiger partial charge in [0, 0.05) is 18.7 Å². The maximum atomic E-state index is 9.73. The van der Waals surface area contributed by atoms with Gasteiger partial charge in [0.1, 0.15) is 0 Å². The number of ether oxygens (including phenoxy) is 1. The average molecular weight is 247 g/mol. The van der Waals surface area contributed by atoms with Crippen LogP contribution in [0.1, 0.15) is 46.5 Å². The van der Waals surface area contributed by atoms with Crippen molar-refractivity contribution in [3.8, 4) is 0 Å². The smallest absolute Gasteiger partial charge is 0.0897 e. The highest BCUT2D eigenvalue weighted by atomic mass is 16.5. The van der Waals surface area contributed by atoms with Crippen molar-refractivity contribution in [2.24, 2.45) is 0 Å². The second kappa shape index (κ2) is 9.83. The first kappa shape index (κ1) is 16.8.